The number of fused-ring (bicyclic) bond motifs is 1. The zero-order chi connectivity index (χ0) is 24.8. The molecule has 8 nitrogen and oxygen atoms in total. The summed E-state index contributed by atoms with van der Waals surface area (Å²) in [5, 5.41) is 2.04. The molecule has 2 aromatic carbocycles. The lowest BCUT2D eigenvalue weighted by Gasteiger charge is -2.10. The Morgan fingerprint density at radius 2 is 1.00 bits per heavy atom. The zero-order valence-electron chi connectivity index (χ0n) is 19.8. The van der Waals surface area contributed by atoms with Crippen LogP contribution in [0.5, 0.6) is 11.5 Å². The summed E-state index contributed by atoms with van der Waals surface area (Å²) >= 11 is 0. The first-order chi connectivity index (χ1) is 16.4. The third-order valence-electron chi connectivity index (χ3n) is 4.39. The fraction of sp³-hybridized carbons (Fsp3) is 0.385. The third kappa shape index (κ3) is 10.1. The van der Waals surface area contributed by atoms with Gasteiger partial charge in [-0.3, -0.25) is 0 Å². The van der Waals surface area contributed by atoms with Gasteiger partial charge in [0.2, 0.25) is 0 Å². The van der Waals surface area contributed by atoms with Crippen molar-refractivity contribution < 1.29 is 38.0 Å². The number of carbonyl (C=O) groups excluding carboxylic acids is 2. The van der Waals surface area contributed by atoms with E-state index in [1.807, 2.05) is 36.4 Å². The second-order valence-electron chi connectivity index (χ2n) is 7.42. The number of carbonyl (C=O) groups is 2. The summed E-state index contributed by atoms with van der Waals surface area (Å²) in [5.74, 6) is 0.631. The van der Waals surface area contributed by atoms with E-state index in [2.05, 4.69) is 13.2 Å². The van der Waals surface area contributed by atoms with Crippen LogP contribution in [0.3, 0.4) is 0 Å². The Kier molecular flexibility index (Phi) is 11.6. The topological polar surface area (TPSA) is 89.5 Å². The minimum atomic E-state index is -0.420. The predicted octanol–water partition coefficient (Wildman–Crippen LogP) is 3.87. The zero-order valence-corrected chi connectivity index (χ0v) is 19.8. The maximum absolute atomic E-state index is 11.2. The Bertz CT molecular complexity index is 903. The fourth-order valence-corrected chi connectivity index (χ4v) is 2.66. The first-order valence-corrected chi connectivity index (χ1v) is 11.0. The van der Waals surface area contributed by atoms with Crippen LogP contribution in [0.25, 0.3) is 10.8 Å². The van der Waals surface area contributed by atoms with Gasteiger partial charge in [-0.05, 0) is 48.9 Å². The molecule has 0 heterocycles. The van der Waals surface area contributed by atoms with Crippen LogP contribution in [0, 0.1) is 0 Å². The standard InChI is InChI=1S/C26H32O8/c1-19(2)25(27)33-15-11-29-9-13-31-23-7-5-22-18-24(8-6-21(22)17-23)32-14-10-30-12-16-34-26(28)20(3)4/h5-8,17-18H,1,3,9-16H2,2,4H3. The van der Waals surface area contributed by atoms with E-state index in [1.165, 1.54) is 0 Å². The van der Waals surface area contributed by atoms with Gasteiger partial charge in [0.25, 0.3) is 0 Å². The molecule has 2 rings (SSSR count). The third-order valence-corrected chi connectivity index (χ3v) is 4.39. The summed E-state index contributed by atoms with van der Waals surface area (Å²) in [5.41, 5.74) is 0.728. The minimum Gasteiger partial charge on any atom is -0.491 e. The molecule has 0 aliphatic rings. The molecule has 0 atom stereocenters. The molecule has 0 saturated carbocycles. The van der Waals surface area contributed by atoms with Crippen LogP contribution in [0.1, 0.15) is 13.8 Å². The molecule has 0 spiro atoms. The van der Waals surface area contributed by atoms with E-state index in [0.29, 0.717) is 50.8 Å². The van der Waals surface area contributed by atoms with Gasteiger partial charge in [0.05, 0.1) is 26.4 Å². The van der Waals surface area contributed by atoms with Crippen LogP contribution in [-0.2, 0) is 28.5 Å². The minimum absolute atomic E-state index is 0.184. The van der Waals surface area contributed by atoms with Crippen molar-refractivity contribution in [3.63, 3.8) is 0 Å². The quantitative estimate of drug-likeness (QED) is 0.207. The molecule has 0 aromatic heterocycles. The summed E-state index contributed by atoms with van der Waals surface area (Å²) in [6.07, 6.45) is 0. The summed E-state index contributed by atoms with van der Waals surface area (Å²) in [7, 11) is 0. The van der Waals surface area contributed by atoms with Gasteiger partial charge in [0.1, 0.15) is 37.9 Å². The molecule has 0 radical (unpaired) electrons. The first kappa shape index (κ1) is 26.9. The molecule has 0 fully saturated rings. The van der Waals surface area contributed by atoms with Crippen molar-refractivity contribution in [2.24, 2.45) is 0 Å². The van der Waals surface area contributed by atoms with Crippen LogP contribution in [0.4, 0.5) is 0 Å². The highest BCUT2D eigenvalue weighted by Gasteiger charge is 2.04. The van der Waals surface area contributed by atoms with E-state index in [1.54, 1.807) is 13.8 Å². The lowest BCUT2D eigenvalue weighted by Crippen LogP contribution is -2.14. The first-order valence-electron chi connectivity index (χ1n) is 11.0. The summed E-state index contributed by atoms with van der Waals surface area (Å²) in [6, 6.07) is 11.6. The average molecular weight is 473 g/mol. The molecule has 0 N–H and O–H groups in total. The number of rotatable bonds is 16. The molecule has 8 heteroatoms. The van der Waals surface area contributed by atoms with Gasteiger partial charge < -0.3 is 28.4 Å². The Balaban J connectivity index is 1.63. The molecule has 0 amide bonds. The molecule has 0 saturated heterocycles. The van der Waals surface area contributed by atoms with Gasteiger partial charge in [0, 0.05) is 11.1 Å². The van der Waals surface area contributed by atoms with Gasteiger partial charge in [-0.1, -0.05) is 25.3 Å². The predicted molar refractivity (Wildman–Crippen MR) is 128 cm³/mol. The van der Waals surface area contributed by atoms with E-state index >= 15 is 0 Å². The molecular formula is C26H32O8. The molecule has 0 unspecified atom stereocenters. The van der Waals surface area contributed by atoms with E-state index in [0.717, 1.165) is 22.3 Å². The van der Waals surface area contributed by atoms with Crippen molar-refractivity contribution in [2.45, 2.75) is 13.8 Å². The van der Waals surface area contributed by atoms with Gasteiger partial charge in [0.15, 0.2) is 0 Å². The van der Waals surface area contributed by atoms with Crippen LogP contribution < -0.4 is 9.47 Å². The van der Waals surface area contributed by atoms with Gasteiger partial charge in [-0.2, -0.15) is 0 Å². The number of hydrogen-bond donors (Lipinski definition) is 0. The van der Waals surface area contributed by atoms with Crippen molar-refractivity contribution in [3.8, 4) is 11.5 Å². The van der Waals surface area contributed by atoms with Gasteiger partial charge in [-0.15, -0.1) is 0 Å². The lowest BCUT2D eigenvalue weighted by atomic mass is 10.1. The fourth-order valence-electron chi connectivity index (χ4n) is 2.66. The second kappa shape index (κ2) is 14.7. The molecule has 34 heavy (non-hydrogen) atoms. The Morgan fingerprint density at radius 3 is 1.38 bits per heavy atom. The largest absolute Gasteiger partial charge is 0.491 e. The van der Waals surface area contributed by atoms with Crippen molar-refractivity contribution in [1.82, 2.24) is 0 Å². The van der Waals surface area contributed by atoms with Crippen LogP contribution >= 0.6 is 0 Å². The van der Waals surface area contributed by atoms with Crippen molar-refractivity contribution in [2.75, 3.05) is 52.9 Å². The Morgan fingerprint density at radius 1 is 0.618 bits per heavy atom. The molecule has 2 aromatic rings. The van der Waals surface area contributed by atoms with Crippen LogP contribution in [-0.4, -0.2) is 64.8 Å². The smallest absolute Gasteiger partial charge is 0.333 e. The summed E-state index contributed by atoms with van der Waals surface area (Å²) < 4.78 is 32.1. The monoisotopic (exact) mass is 472 g/mol. The maximum Gasteiger partial charge on any atom is 0.333 e. The SMILES string of the molecule is C=C(C)C(=O)OCCOCCOc1ccc2cc(OCCOCCOC(=O)C(=C)C)ccc2c1. The Labute approximate surface area is 200 Å². The average Bonchev–Trinajstić information content (AvgIpc) is 2.82. The van der Waals surface area contributed by atoms with Crippen molar-refractivity contribution >= 4 is 22.7 Å². The highest BCUT2D eigenvalue weighted by Crippen LogP contribution is 2.25. The van der Waals surface area contributed by atoms with Crippen LogP contribution in [0.15, 0.2) is 60.7 Å². The van der Waals surface area contributed by atoms with Crippen molar-refractivity contribution in [3.05, 3.63) is 60.7 Å². The number of esters is 2. The van der Waals surface area contributed by atoms with Gasteiger partial charge in [-0.25, -0.2) is 9.59 Å². The van der Waals surface area contributed by atoms with E-state index in [9.17, 15) is 9.59 Å². The van der Waals surface area contributed by atoms with Gasteiger partial charge >= 0.3 is 11.9 Å². The lowest BCUT2D eigenvalue weighted by molar-refractivity contribution is -0.141. The highest BCUT2D eigenvalue weighted by molar-refractivity contribution is 5.87. The van der Waals surface area contributed by atoms with E-state index in [-0.39, 0.29) is 13.2 Å². The molecule has 0 aliphatic carbocycles. The van der Waals surface area contributed by atoms with Crippen molar-refractivity contribution in [1.29, 1.82) is 0 Å². The summed E-state index contributed by atoms with van der Waals surface area (Å²) in [6.45, 7) is 12.7. The maximum atomic E-state index is 11.2. The number of benzene rings is 2. The molecule has 184 valence electrons. The molecule has 0 aliphatic heterocycles. The normalized spacial score (nSPS) is 10.5. The number of hydrogen-bond acceptors (Lipinski definition) is 8. The van der Waals surface area contributed by atoms with E-state index in [4.69, 9.17) is 28.4 Å². The van der Waals surface area contributed by atoms with Crippen LogP contribution in [0.2, 0.25) is 0 Å². The highest BCUT2D eigenvalue weighted by atomic mass is 16.6. The summed E-state index contributed by atoms with van der Waals surface area (Å²) in [4.78, 5) is 22.5. The Hall–Kier alpha value is -3.36. The number of ether oxygens (including phenoxy) is 6. The second-order valence-corrected chi connectivity index (χ2v) is 7.42. The molecular weight excluding hydrogens is 440 g/mol. The van der Waals surface area contributed by atoms with E-state index < -0.39 is 11.9 Å². The molecule has 0 bridgehead atoms.